The molecule has 0 aromatic carbocycles. The van der Waals surface area contributed by atoms with Crippen molar-refractivity contribution >= 4 is 22.4 Å². The molecule has 2 heterocycles. The average Bonchev–Trinajstić information content (AvgIpc) is 2.49. The van der Waals surface area contributed by atoms with Gasteiger partial charge in [-0.15, -0.1) is 5.10 Å². The molecule has 6 heteroatoms. The summed E-state index contributed by atoms with van der Waals surface area (Å²) in [6.07, 6.45) is 2.76. The predicted octanol–water partition coefficient (Wildman–Crippen LogP) is 0.182. The highest BCUT2D eigenvalue weighted by atomic mass is 32.1. The van der Waals surface area contributed by atoms with Crippen LogP contribution in [0.3, 0.4) is 0 Å². The minimum Gasteiger partial charge on any atom is -0.314 e. The molecule has 0 spiro atoms. The first-order valence-corrected chi connectivity index (χ1v) is 4.91. The Labute approximate surface area is 79.9 Å². The van der Waals surface area contributed by atoms with Gasteiger partial charge >= 0.3 is 0 Å². The standard InChI is InChI=1S/C7H10N4OS/c12-6(5-11-2-1-3-11)9-7-4-8-10-13-7/h4H,1-3,5H2,(H,9,12). The van der Waals surface area contributed by atoms with Crippen LogP contribution in [0.5, 0.6) is 0 Å². The van der Waals surface area contributed by atoms with Crippen LogP contribution in [0.2, 0.25) is 0 Å². The molecule has 0 radical (unpaired) electrons. The van der Waals surface area contributed by atoms with Crippen LogP contribution in [-0.4, -0.2) is 40.0 Å². The number of likely N-dealkylation sites (tertiary alicyclic amines) is 1. The second-order valence-electron chi connectivity index (χ2n) is 2.96. The highest BCUT2D eigenvalue weighted by Crippen LogP contribution is 2.10. The van der Waals surface area contributed by atoms with Crippen molar-refractivity contribution < 1.29 is 4.79 Å². The Morgan fingerprint density at radius 1 is 1.69 bits per heavy atom. The number of hydrogen-bond donors (Lipinski definition) is 1. The lowest BCUT2D eigenvalue weighted by Gasteiger charge is -2.29. The zero-order valence-electron chi connectivity index (χ0n) is 7.06. The zero-order chi connectivity index (χ0) is 9.10. The smallest absolute Gasteiger partial charge is 0.239 e. The summed E-state index contributed by atoms with van der Waals surface area (Å²) in [5.74, 6) is 0.0192. The third-order valence-corrected chi connectivity index (χ3v) is 2.52. The Morgan fingerprint density at radius 2 is 2.54 bits per heavy atom. The van der Waals surface area contributed by atoms with Crippen molar-refractivity contribution in [3.05, 3.63) is 6.20 Å². The summed E-state index contributed by atoms with van der Waals surface area (Å²) < 4.78 is 3.65. The Hall–Kier alpha value is -1.01. The van der Waals surface area contributed by atoms with E-state index >= 15 is 0 Å². The van der Waals surface area contributed by atoms with Gasteiger partial charge in [-0.05, 0) is 19.5 Å². The molecule has 5 nitrogen and oxygen atoms in total. The molecule has 1 amide bonds. The minimum absolute atomic E-state index is 0.0192. The fraction of sp³-hybridized carbons (Fsp3) is 0.571. The second kappa shape index (κ2) is 3.80. The number of carbonyl (C=O) groups is 1. The van der Waals surface area contributed by atoms with Crippen LogP contribution in [0, 0.1) is 0 Å². The Bertz CT molecular complexity index is 283. The molecule has 0 unspecified atom stereocenters. The molecule has 70 valence electrons. The van der Waals surface area contributed by atoms with E-state index in [2.05, 4.69) is 19.8 Å². The topological polar surface area (TPSA) is 58.1 Å². The van der Waals surface area contributed by atoms with E-state index in [1.807, 2.05) is 0 Å². The van der Waals surface area contributed by atoms with E-state index < -0.39 is 0 Å². The molecule has 13 heavy (non-hydrogen) atoms. The van der Waals surface area contributed by atoms with Crippen LogP contribution >= 0.6 is 11.5 Å². The van der Waals surface area contributed by atoms with Gasteiger partial charge in [0.25, 0.3) is 0 Å². The normalized spacial score (nSPS) is 16.6. The maximum Gasteiger partial charge on any atom is 0.239 e. The maximum absolute atomic E-state index is 11.3. The van der Waals surface area contributed by atoms with Crippen LogP contribution in [-0.2, 0) is 4.79 Å². The number of rotatable bonds is 3. The number of anilines is 1. The summed E-state index contributed by atoms with van der Waals surface area (Å²) in [6, 6.07) is 0. The predicted molar refractivity (Wildman–Crippen MR) is 49.6 cm³/mol. The zero-order valence-corrected chi connectivity index (χ0v) is 7.88. The molecule has 1 aliphatic rings. The van der Waals surface area contributed by atoms with Crippen molar-refractivity contribution in [3.63, 3.8) is 0 Å². The van der Waals surface area contributed by atoms with Gasteiger partial charge in [0.2, 0.25) is 5.91 Å². The van der Waals surface area contributed by atoms with E-state index in [9.17, 15) is 4.79 Å². The molecule has 1 aromatic rings. The SMILES string of the molecule is O=C(CN1CCC1)Nc1cnns1. The van der Waals surface area contributed by atoms with E-state index in [1.165, 1.54) is 18.0 Å². The van der Waals surface area contributed by atoms with Gasteiger partial charge in [-0.3, -0.25) is 9.69 Å². The first-order valence-electron chi connectivity index (χ1n) is 4.14. The molecule has 0 aliphatic carbocycles. The molecule has 0 atom stereocenters. The monoisotopic (exact) mass is 198 g/mol. The molecule has 1 fully saturated rings. The lowest BCUT2D eigenvalue weighted by Crippen LogP contribution is -2.42. The number of amides is 1. The van der Waals surface area contributed by atoms with Crippen LogP contribution in [0.15, 0.2) is 6.20 Å². The Morgan fingerprint density at radius 3 is 3.08 bits per heavy atom. The summed E-state index contributed by atoms with van der Waals surface area (Å²) in [5, 5.41) is 7.08. The first kappa shape index (κ1) is 8.58. The lowest BCUT2D eigenvalue weighted by molar-refractivity contribution is -0.118. The van der Waals surface area contributed by atoms with Crippen molar-refractivity contribution in [2.75, 3.05) is 25.0 Å². The quantitative estimate of drug-likeness (QED) is 0.753. The van der Waals surface area contributed by atoms with E-state index in [-0.39, 0.29) is 5.91 Å². The number of carbonyl (C=O) groups excluding carboxylic acids is 1. The lowest BCUT2D eigenvalue weighted by atomic mass is 10.2. The van der Waals surface area contributed by atoms with Crippen molar-refractivity contribution in [3.8, 4) is 0 Å². The van der Waals surface area contributed by atoms with Gasteiger partial charge in [-0.1, -0.05) is 4.49 Å². The van der Waals surface area contributed by atoms with Gasteiger partial charge in [0.15, 0.2) is 0 Å². The van der Waals surface area contributed by atoms with Gasteiger partial charge in [0.05, 0.1) is 12.7 Å². The Balaban J connectivity index is 1.78. The fourth-order valence-electron chi connectivity index (χ4n) is 1.14. The summed E-state index contributed by atoms with van der Waals surface area (Å²) in [7, 11) is 0. The second-order valence-corrected chi connectivity index (χ2v) is 3.75. The highest BCUT2D eigenvalue weighted by Gasteiger charge is 2.17. The molecule has 0 bridgehead atoms. The number of nitrogens with zero attached hydrogens (tertiary/aromatic N) is 3. The van der Waals surface area contributed by atoms with E-state index in [1.54, 1.807) is 6.20 Å². The largest absolute Gasteiger partial charge is 0.314 e. The third kappa shape index (κ3) is 2.22. The molecule has 1 aromatic heterocycles. The molecular formula is C7H10N4OS. The van der Waals surface area contributed by atoms with Crippen LogP contribution in [0.25, 0.3) is 0 Å². The summed E-state index contributed by atoms with van der Waals surface area (Å²) >= 11 is 1.19. The number of aromatic nitrogens is 2. The van der Waals surface area contributed by atoms with Crippen molar-refractivity contribution in [1.82, 2.24) is 14.5 Å². The van der Waals surface area contributed by atoms with Crippen molar-refractivity contribution in [2.24, 2.45) is 0 Å². The van der Waals surface area contributed by atoms with Gasteiger partial charge in [0.1, 0.15) is 5.00 Å². The molecule has 1 saturated heterocycles. The molecular weight excluding hydrogens is 188 g/mol. The Kier molecular flexibility index (Phi) is 2.51. The molecule has 1 N–H and O–H groups in total. The number of nitrogens with one attached hydrogen (secondary N) is 1. The van der Waals surface area contributed by atoms with E-state index in [4.69, 9.17) is 0 Å². The van der Waals surface area contributed by atoms with Crippen LogP contribution in [0.1, 0.15) is 6.42 Å². The van der Waals surface area contributed by atoms with Gasteiger partial charge in [-0.2, -0.15) is 0 Å². The van der Waals surface area contributed by atoms with Crippen molar-refractivity contribution in [1.29, 1.82) is 0 Å². The summed E-state index contributed by atoms with van der Waals surface area (Å²) in [4.78, 5) is 13.4. The molecule has 1 aliphatic heterocycles. The summed E-state index contributed by atoms with van der Waals surface area (Å²) in [6.45, 7) is 2.56. The fourth-order valence-corrected chi connectivity index (χ4v) is 1.58. The minimum atomic E-state index is 0.0192. The van der Waals surface area contributed by atoms with Gasteiger partial charge in [0, 0.05) is 11.5 Å². The molecule has 2 rings (SSSR count). The maximum atomic E-state index is 11.3. The molecule has 0 saturated carbocycles. The van der Waals surface area contributed by atoms with Crippen molar-refractivity contribution in [2.45, 2.75) is 6.42 Å². The van der Waals surface area contributed by atoms with Gasteiger partial charge in [-0.25, -0.2) is 0 Å². The van der Waals surface area contributed by atoms with E-state index in [0.717, 1.165) is 13.1 Å². The van der Waals surface area contributed by atoms with Crippen LogP contribution in [0.4, 0.5) is 5.00 Å². The average molecular weight is 198 g/mol. The highest BCUT2D eigenvalue weighted by molar-refractivity contribution is 7.10. The third-order valence-electron chi connectivity index (χ3n) is 1.94. The summed E-state index contributed by atoms with van der Waals surface area (Å²) in [5.41, 5.74) is 0. The first-order chi connectivity index (χ1) is 6.34. The number of hydrogen-bond acceptors (Lipinski definition) is 5. The van der Waals surface area contributed by atoms with E-state index in [0.29, 0.717) is 11.5 Å². The van der Waals surface area contributed by atoms with Gasteiger partial charge < -0.3 is 5.32 Å². The van der Waals surface area contributed by atoms with Crippen LogP contribution < -0.4 is 5.32 Å².